The number of carboxylic acids is 1. The normalized spacial score (nSPS) is 17.6. The van der Waals surface area contributed by atoms with Crippen LogP contribution < -0.4 is 5.32 Å². The van der Waals surface area contributed by atoms with E-state index in [2.05, 4.69) is 5.32 Å². The number of aliphatic carboxylic acids is 1. The second-order valence-corrected chi connectivity index (χ2v) is 5.03. The van der Waals surface area contributed by atoms with Crippen LogP contribution in [-0.4, -0.2) is 39.7 Å². The van der Waals surface area contributed by atoms with Crippen LogP contribution in [0, 0.1) is 17.1 Å². The van der Waals surface area contributed by atoms with Crippen molar-refractivity contribution in [2.45, 2.75) is 6.04 Å². The molecule has 1 fully saturated rings. The fraction of sp³-hybridized carbons (Fsp3) is 0.250. The highest BCUT2D eigenvalue weighted by Gasteiger charge is 2.34. The lowest BCUT2D eigenvalue weighted by Crippen LogP contribution is -2.44. The van der Waals surface area contributed by atoms with E-state index in [-0.39, 0.29) is 17.1 Å². The number of amides is 2. The molecule has 0 radical (unpaired) electrons. The zero-order chi connectivity index (χ0) is 14.7. The highest BCUT2D eigenvalue weighted by atomic mass is 32.2. The number of thioether (sulfide) groups is 1. The molecule has 0 spiro atoms. The Morgan fingerprint density at radius 1 is 1.55 bits per heavy atom. The molecule has 0 bridgehead atoms. The van der Waals surface area contributed by atoms with E-state index in [1.165, 1.54) is 23.9 Å². The van der Waals surface area contributed by atoms with Gasteiger partial charge in [0.2, 0.25) is 0 Å². The first-order valence-corrected chi connectivity index (χ1v) is 6.77. The predicted octanol–water partition coefficient (Wildman–Crippen LogP) is 1.69. The van der Waals surface area contributed by atoms with Gasteiger partial charge >= 0.3 is 12.0 Å². The summed E-state index contributed by atoms with van der Waals surface area (Å²) in [5.74, 6) is -1.29. The fourth-order valence-corrected chi connectivity index (χ4v) is 2.92. The second-order valence-electron chi connectivity index (χ2n) is 4.03. The van der Waals surface area contributed by atoms with Gasteiger partial charge in [-0.2, -0.15) is 5.26 Å². The smallest absolute Gasteiger partial charge is 0.327 e. The molecule has 2 rings (SSSR count). The largest absolute Gasteiger partial charge is 0.480 e. The summed E-state index contributed by atoms with van der Waals surface area (Å²) < 4.78 is 13.4. The molecule has 0 saturated carbocycles. The third-order valence-electron chi connectivity index (χ3n) is 2.80. The van der Waals surface area contributed by atoms with Crippen LogP contribution in [0.5, 0.6) is 0 Å². The van der Waals surface area contributed by atoms with E-state index in [1.54, 1.807) is 6.07 Å². The van der Waals surface area contributed by atoms with Gasteiger partial charge in [0.25, 0.3) is 0 Å². The summed E-state index contributed by atoms with van der Waals surface area (Å²) in [6.07, 6.45) is 0. The van der Waals surface area contributed by atoms with Gasteiger partial charge in [-0.15, -0.1) is 11.8 Å². The maximum absolute atomic E-state index is 13.4. The number of urea groups is 1. The molecule has 1 aromatic rings. The molecule has 1 atom stereocenters. The molecule has 1 saturated heterocycles. The van der Waals surface area contributed by atoms with Gasteiger partial charge in [0.05, 0.1) is 11.6 Å². The number of carbonyl (C=O) groups excluding carboxylic acids is 1. The molecule has 6 nitrogen and oxygen atoms in total. The van der Waals surface area contributed by atoms with E-state index in [0.29, 0.717) is 5.75 Å². The number of hydrogen-bond acceptors (Lipinski definition) is 4. The van der Waals surface area contributed by atoms with Gasteiger partial charge in [0.1, 0.15) is 23.5 Å². The van der Waals surface area contributed by atoms with Crippen molar-refractivity contribution in [2.75, 3.05) is 16.9 Å². The first kappa shape index (κ1) is 14.1. The van der Waals surface area contributed by atoms with Crippen LogP contribution in [0.15, 0.2) is 18.2 Å². The quantitative estimate of drug-likeness (QED) is 0.866. The molecule has 1 heterocycles. The topological polar surface area (TPSA) is 93.4 Å². The molecule has 104 valence electrons. The van der Waals surface area contributed by atoms with Crippen LogP contribution in [-0.2, 0) is 4.79 Å². The Balaban J connectivity index is 2.19. The summed E-state index contributed by atoms with van der Waals surface area (Å²) in [5, 5.41) is 20.2. The summed E-state index contributed by atoms with van der Waals surface area (Å²) in [6.45, 7) is 0. The number of benzene rings is 1. The van der Waals surface area contributed by atoms with E-state index in [4.69, 9.17) is 10.4 Å². The number of nitriles is 1. The van der Waals surface area contributed by atoms with Gasteiger partial charge in [-0.3, -0.25) is 0 Å². The minimum absolute atomic E-state index is 0.0264. The molecule has 20 heavy (non-hydrogen) atoms. The van der Waals surface area contributed by atoms with Crippen molar-refractivity contribution in [3.8, 4) is 6.07 Å². The standard InChI is InChI=1S/C12H10FN3O3S/c13-8-2-1-3-9(7(8)4-14)15-12(19)16-6-20-5-10(16)11(17)18/h1-3,10H,5-6H2,(H,15,19)(H,17,18). The van der Waals surface area contributed by atoms with E-state index >= 15 is 0 Å². The minimum Gasteiger partial charge on any atom is -0.480 e. The number of carbonyl (C=O) groups is 2. The minimum atomic E-state index is -1.09. The van der Waals surface area contributed by atoms with Gasteiger partial charge in [-0.05, 0) is 12.1 Å². The Morgan fingerprint density at radius 2 is 2.30 bits per heavy atom. The molecule has 1 aliphatic rings. The number of nitrogens with zero attached hydrogens (tertiary/aromatic N) is 2. The molecule has 1 unspecified atom stereocenters. The molecular formula is C12H10FN3O3S. The number of anilines is 1. The first-order chi connectivity index (χ1) is 9.54. The van der Waals surface area contributed by atoms with Crippen molar-refractivity contribution < 1.29 is 19.1 Å². The van der Waals surface area contributed by atoms with E-state index in [1.807, 2.05) is 0 Å². The van der Waals surface area contributed by atoms with Crippen LogP contribution in [0.25, 0.3) is 0 Å². The predicted molar refractivity (Wildman–Crippen MR) is 70.7 cm³/mol. The maximum Gasteiger partial charge on any atom is 0.327 e. The van der Waals surface area contributed by atoms with Gasteiger partial charge in [-0.25, -0.2) is 14.0 Å². The van der Waals surface area contributed by atoms with Crippen molar-refractivity contribution in [1.29, 1.82) is 5.26 Å². The average molecular weight is 295 g/mol. The summed E-state index contributed by atoms with van der Waals surface area (Å²) >= 11 is 1.32. The Labute approximate surface area is 118 Å². The maximum atomic E-state index is 13.4. The lowest BCUT2D eigenvalue weighted by Gasteiger charge is -2.21. The molecule has 1 aliphatic heterocycles. The lowest BCUT2D eigenvalue weighted by atomic mass is 10.2. The number of hydrogen-bond donors (Lipinski definition) is 2. The Hall–Kier alpha value is -2.27. The van der Waals surface area contributed by atoms with Crippen molar-refractivity contribution in [3.05, 3.63) is 29.6 Å². The van der Waals surface area contributed by atoms with E-state index in [9.17, 15) is 14.0 Å². The Bertz CT molecular complexity index is 602. The molecular weight excluding hydrogens is 285 g/mol. The third-order valence-corrected chi connectivity index (χ3v) is 3.81. The Kier molecular flexibility index (Phi) is 4.10. The molecule has 0 aromatic heterocycles. The highest BCUT2D eigenvalue weighted by molar-refractivity contribution is 7.99. The van der Waals surface area contributed by atoms with Gasteiger partial charge in [0, 0.05) is 5.75 Å². The second kappa shape index (κ2) is 5.79. The SMILES string of the molecule is N#Cc1c(F)cccc1NC(=O)N1CSCC1C(=O)O. The lowest BCUT2D eigenvalue weighted by molar-refractivity contribution is -0.140. The molecule has 0 aliphatic carbocycles. The van der Waals surface area contributed by atoms with Crippen molar-refractivity contribution in [1.82, 2.24) is 4.90 Å². The summed E-state index contributed by atoms with van der Waals surface area (Å²) in [7, 11) is 0. The van der Waals surface area contributed by atoms with Crippen LogP contribution in [0.1, 0.15) is 5.56 Å². The number of halogens is 1. The summed E-state index contributed by atoms with van der Waals surface area (Å²) in [4.78, 5) is 24.2. The van der Waals surface area contributed by atoms with Crippen molar-refractivity contribution >= 4 is 29.4 Å². The molecule has 8 heteroatoms. The first-order valence-electron chi connectivity index (χ1n) is 5.61. The van der Waals surface area contributed by atoms with Gasteiger partial charge < -0.3 is 15.3 Å². The van der Waals surface area contributed by atoms with E-state index < -0.39 is 23.9 Å². The van der Waals surface area contributed by atoms with Crippen LogP contribution in [0.4, 0.5) is 14.9 Å². The highest BCUT2D eigenvalue weighted by Crippen LogP contribution is 2.23. The summed E-state index contributed by atoms with van der Waals surface area (Å²) in [5.41, 5.74) is -0.252. The van der Waals surface area contributed by atoms with Crippen molar-refractivity contribution in [2.24, 2.45) is 0 Å². The van der Waals surface area contributed by atoms with Crippen LogP contribution >= 0.6 is 11.8 Å². The number of nitrogens with one attached hydrogen (secondary N) is 1. The average Bonchev–Trinajstić information content (AvgIpc) is 2.88. The number of rotatable bonds is 2. The summed E-state index contributed by atoms with van der Waals surface area (Å²) in [6, 6.07) is 3.94. The van der Waals surface area contributed by atoms with Crippen molar-refractivity contribution in [3.63, 3.8) is 0 Å². The molecule has 2 amide bonds. The van der Waals surface area contributed by atoms with Gasteiger partial charge in [-0.1, -0.05) is 6.07 Å². The monoisotopic (exact) mass is 295 g/mol. The Morgan fingerprint density at radius 3 is 2.95 bits per heavy atom. The zero-order valence-electron chi connectivity index (χ0n) is 10.2. The fourth-order valence-electron chi connectivity index (χ4n) is 1.78. The van der Waals surface area contributed by atoms with Crippen LogP contribution in [0.2, 0.25) is 0 Å². The van der Waals surface area contributed by atoms with Gasteiger partial charge in [0.15, 0.2) is 0 Å². The van der Waals surface area contributed by atoms with E-state index in [0.717, 1.165) is 11.0 Å². The molecule has 2 N–H and O–H groups in total. The zero-order valence-corrected chi connectivity index (χ0v) is 11.0. The third kappa shape index (κ3) is 2.67. The number of carboxylic acid groups (broad SMARTS) is 1. The van der Waals surface area contributed by atoms with Crippen LogP contribution in [0.3, 0.4) is 0 Å². The molecule has 1 aromatic carbocycles.